The van der Waals surface area contributed by atoms with Crippen LogP contribution in [0.5, 0.6) is 0 Å². The van der Waals surface area contributed by atoms with E-state index >= 15 is 0 Å². The summed E-state index contributed by atoms with van der Waals surface area (Å²) < 4.78 is 14.9. The zero-order valence-electron chi connectivity index (χ0n) is 11.2. The molecule has 2 aliphatic heterocycles. The molecule has 0 spiro atoms. The fraction of sp³-hybridized carbons (Fsp3) is 0.438. The Morgan fingerprint density at radius 1 is 1.35 bits per heavy atom. The molecule has 2 nitrogen and oxygen atoms in total. The molecule has 4 heteroatoms. The van der Waals surface area contributed by atoms with E-state index in [1.807, 2.05) is 12.1 Å². The summed E-state index contributed by atoms with van der Waals surface area (Å²) in [5.41, 5.74) is 2.62. The molecular weight excluding hydrogens is 271 g/mol. The lowest BCUT2D eigenvalue weighted by molar-refractivity contribution is 0.154. The van der Waals surface area contributed by atoms with Crippen molar-refractivity contribution in [3.8, 4) is 0 Å². The fourth-order valence-electron chi connectivity index (χ4n) is 3.86. The van der Waals surface area contributed by atoms with E-state index in [4.69, 9.17) is 0 Å². The average molecular weight is 288 g/mol. The lowest BCUT2D eigenvalue weighted by Gasteiger charge is -2.41. The molecule has 3 aliphatic rings. The van der Waals surface area contributed by atoms with Gasteiger partial charge in [-0.05, 0) is 36.8 Å². The molecule has 2 fully saturated rings. The monoisotopic (exact) mass is 288 g/mol. The van der Waals surface area contributed by atoms with E-state index in [-0.39, 0.29) is 17.2 Å². The largest absolute Gasteiger partial charge is 0.284 e. The predicted molar refractivity (Wildman–Crippen MR) is 81.0 cm³/mol. The molecule has 0 saturated carbocycles. The van der Waals surface area contributed by atoms with Crippen LogP contribution in [0.15, 0.2) is 42.0 Å². The predicted octanol–water partition coefficient (Wildman–Crippen LogP) is 3.44. The maximum atomic E-state index is 14.9. The van der Waals surface area contributed by atoms with Crippen molar-refractivity contribution in [2.24, 2.45) is 5.92 Å². The van der Waals surface area contributed by atoms with Gasteiger partial charge in [0.1, 0.15) is 5.83 Å². The van der Waals surface area contributed by atoms with Gasteiger partial charge in [0, 0.05) is 36.1 Å². The van der Waals surface area contributed by atoms with Gasteiger partial charge >= 0.3 is 0 Å². The zero-order valence-corrected chi connectivity index (χ0v) is 12.1. The first-order chi connectivity index (χ1) is 9.75. The van der Waals surface area contributed by atoms with Crippen LogP contribution in [0, 0.1) is 5.92 Å². The minimum Gasteiger partial charge on any atom is -0.284 e. The number of rotatable bonds is 1. The molecule has 104 valence electrons. The minimum atomic E-state index is -0.0239. The highest BCUT2D eigenvalue weighted by atomic mass is 32.1. The van der Waals surface area contributed by atoms with Crippen molar-refractivity contribution in [1.82, 2.24) is 9.88 Å². The van der Waals surface area contributed by atoms with E-state index in [9.17, 15) is 4.39 Å². The number of aromatic nitrogens is 1. The summed E-state index contributed by atoms with van der Waals surface area (Å²) in [6, 6.07) is 4.05. The molecule has 1 aromatic heterocycles. The van der Waals surface area contributed by atoms with Gasteiger partial charge in [0.2, 0.25) is 0 Å². The van der Waals surface area contributed by atoms with Crippen molar-refractivity contribution in [3.05, 3.63) is 47.6 Å². The van der Waals surface area contributed by atoms with Gasteiger partial charge in [0.05, 0.1) is 5.37 Å². The second-order valence-electron chi connectivity index (χ2n) is 5.82. The molecule has 2 saturated heterocycles. The Kier molecular flexibility index (Phi) is 2.97. The molecule has 3 unspecified atom stereocenters. The standard InChI is InChI=1S/C16H17FN2S/c17-15-12-5-7-19-14(20)4-3-10(16(12)19)8-13(15)11-2-1-6-18-9-11/h1-2,6,8-10,14,16,20H,3-5,7H2. The summed E-state index contributed by atoms with van der Waals surface area (Å²) in [6.45, 7) is 0.937. The molecule has 4 rings (SSSR count). The molecule has 1 aliphatic carbocycles. The summed E-state index contributed by atoms with van der Waals surface area (Å²) >= 11 is 4.65. The maximum Gasteiger partial charge on any atom is 0.131 e. The summed E-state index contributed by atoms with van der Waals surface area (Å²) in [5.74, 6) is 0.398. The first-order valence-corrected chi connectivity index (χ1v) is 7.72. The number of allylic oxidation sites excluding steroid dienone is 2. The first-order valence-electron chi connectivity index (χ1n) is 7.20. The number of hydrogen-bond acceptors (Lipinski definition) is 3. The van der Waals surface area contributed by atoms with Crippen LogP contribution >= 0.6 is 12.6 Å². The molecule has 1 aromatic rings. The zero-order chi connectivity index (χ0) is 13.7. The van der Waals surface area contributed by atoms with Crippen molar-refractivity contribution in [1.29, 1.82) is 0 Å². The lowest BCUT2D eigenvalue weighted by Crippen LogP contribution is -2.46. The van der Waals surface area contributed by atoms with E-state index in [1.165, 1.54) is 0 Å². The Morgan fingerprint density at radius 3 is 3.05 bits per heavy atom. The summed E-state index contributed by atoms with van der Waals surface area (Å²) in [7, 11) is 0. The Balaban J connectivity index is 1.79. The van der Waals surface area contributed by atoms with Gasteiger partial charge in [0.25, 0.3) is 0 Å². The van der Waals surface area contributed by atoms with Crippen molar-refractivity contribution in [2.75, 3.05) is 6.54 Å². The molecule has 0 radical (unpaired) electrons. The van der Waals surface area contributed by atoms with Gasteiger partial charge in [-0.15, -0.1) is 0 Å². The Bertz CT molecular complexity index is 596. The maximum absolute atomic E-state index is 14.9. The van der Waals surface area contributed by atoms with Gasteiger partial charge in [0.15, 0.2) is 0 Å². The van der Waals surface area contributed by atoms with Crippen LogP contribution in [0.25, 0.3) is 5.57 Å². The smallest absolute Gasteiger partial charge is 0.131 e. The highest BCUT2D eigenvalue weighted by Crippen LogP contribution is 2.47. The van der Waals surface area contributed by atoms with Crippen LogP contribution in [0.4, 0.5) is 4.39 Å². The van der Waals surface area contributed by atoms with Gasteiger partial charge in [-0.1, -0.05) is 12.1 Å². The molecule has 3 heterocycles. The number of nitrogens with zero attached hydrogens (tertiary/aromatic N) is 2. The van der Waals surface area contributed by atoms with Crippen LogP contribution in [0.3, 0.4) is 0 Å². The van der Waals surface area contributed by atoms with E-state index < -0.39 is 0 Å². The third kappa shape index (κ3) is 1.78. The van der Waals surface area contributed by atoms with Crippen LogP contribution in [-0.2, 0) is 0 Å². The van der Waals surface area contributed by atoms with E-state index in [0.29, 0.717) is 5.92 Å². The van der Waals surface area contributed by atoms with Gasteiger partial charge in [-0.3, -0.25) is 9.88 Å². The van der Waals surface area contributed by atoms with Crippen LogP contribution in [-0.4, -0.2) is 27.8 Å². The number of halogens is 1. The number of piperidine rings is 1. The van der Waals surface area contributed by atoms with Gasteiger partial charge in [-0.2, -0.15) is 12.6 Å². The second kappa shape index (κ2) is 4.71. The second-order valence-corrected chi connectivity index (χ2v) is 6.41. The molecule has 0 aromatic carbocycles. The third-order valence-electron chi connectivity index (χ3n) is 4.77. The number of hydrogen-bond donors (Lipinski definition) is 1. The number of pyridine rings is 1. The normalized spacial score (nSPS) is 33.1. The number of thiol groups is 1. The minimum absolute atomic E-state index is 0.0239. The fourth-order valence-corrected chi connectivity index (χ4v) is 4.27. The van der Waals surface area contributed by atoms with Gasteiger partial charge < -0.3 is 0 Å². The molecular formula is C16H17FN2S. The van der Waals surface area contributed by atoms with Crippen molar-refractivity contribution >= 4 is 18.2 Å². The van der Waals surface area contributed by atoms with E-state index in [0.717, 1.165) is 42.5 Å². The highest BCUT2D eigenvalue weighted by molar-refractivity contribution is 7.80. The SMILES string of the molecule is FC1=C2CCN3C(S)CCC(C=C1c1cccnc1)C23. The molecule has 0 N–H and O–H groups in total. The van der Waals surface area contributed by atoms with Crippen molar-refractivity contribution in [3.63, 3.8) is 0 Å². The molecule has 20 heavy (non-hydrogen) atoms. The molecule has 3 atom stereocenters. The van der Waals surface area contributed by atoms with Crippen LogP contribution in [0.2, 0.25) is 0 Å². The molecule has 0 bridgehead atoms. The quantitative estimate of drug-likeness (QED) is 0.797. The Labute approximate surface area is 123 Å². The van der Waals surface area contributed by atoms with E-state index in [2.05, 4.69) is 28.6 Å². The van der Waals surface area contributed by atoms with E-state index in [1.54, 1.807) is 12.4 Å². The topological polar surface area (TPSA) is 16.1 Å². The highest BCUT2D eigenvalue weighted by Gasteiger charge is 2.45. The van der Waals surface area contributed by atoms with Gasteiger partial charge in [-0.25, -0.2) is 4.39 Å². The Hall–Kier alpha value is -1.13. The molecule has 0 amide bonds. The van der Waals surface area contributed by atoms with Crippen molar-refractivity contribution < 1.29 is 4.39 Å². The summed E-state index contributed by atoms with van der Waals surface area (Å²) in [5, 5.41) is 0.287. The van der Waals surface area contributed by atoms with Crippen molar-refractivity contribution in [2.45, 2.75) is 30.7 Å². The van der Waals surface area contributed by atoms with Crippen LogP contribution in [0.1, 0.15) is 24.8 Å². The first kappa shape index (κ1) is 12.6. The third-order valence-corrected chi connectivity index (χ3v) is 5.33. The lowest BCUT2D eigenvalue weighted by atomic mass is 9.79. The summed E-state index contributed by atoms with van der Waals surface area (Å²) in [4.78, 5) is 6.48. The summed E-state index contributed by atoms with van der Waals surface area (Å²) in [6.07, 6.45) is 8.61. The van der Waals surface area contributed by atoms with Crippen LogP contribution < -0.4 is 0 Å². The average Bonchev–Trinajstić information content (AvgIpc) is 2.93. The Morgan fingerprint density at radius 2 is 2.25 bits per heavy atom.